The average Bonchev–Trinajstić information content (AvgIpc) is 2.40. The summed E-state index contributed by atoms with van der Waals surface area (Å²) in [7, 11) is 2.02. The first kappa shape index (κ1) is 14.0. The van der Waals surface area contributed by atoms with Crippen LogP contribution in [0.4, 0.5) is 5.69 Å². The van der Waals surface area contributed by atoms with Crippen LogP contribution in [-0.4, -0.2) is 36.0 Å². The van der Waals surface area contributed by atoms with Crippen LogP contribution in [0.1, 0.15) is 24.8 Å². The number of piperidine rings is 1. The van der Waals surface area contributed by atoms with Crippen molar-refractivity contribution in [2.45, 2.75) is 31.8 Å². The molecule has 2 rings (SSSR count). The molecule has 0 aromatic heterocycles. The van der Waals surface area contributed by atoms with Gasteiger partial charge in [-0.25, -0.2) is 0 Å². The SMILES string of the molecule is CN(Cc1ccccc1[N+](=O)[O-])CC1CCCCN1. The van der Waals surface area contributed by atoms with E-state index in [1.54, 1.807) is 12.1 Å². The molecule has 1 atom stereocenters. The van der Waals surface area contributed by atoms with Crippen molar-refractivity contribution in [3.05, 3.63) is 39.9 Å². The number of benzene rings is 1. The van der Waals surface area contributed by atoms with Crippen molar-refractivity contribution in [3.8, 4) is 0 Å². The van der Waals surface area contributed by atoms with Crippen molar-refractivity contribution < 1.29 is 4.92 Å². The molecule has 19 heavy (non-hydrogen) atoms. The fourth-order valence-corrected chi connectivity index (χ4v) is 2.63. The molecule has 0 saturated carbocycles. The van der Waals surface area contributed by atoms with Gasteiger partial charge in [0, 0.05) is 30.8 Å². The van der Waals surface area contributed by atoms with E-state index in [2.05, 4.69) is 10.2 Å². The molecule has 1 aliphatic rings. The van der Waals surface area contributed by atoms with Gasteiger partial charge >= 0.3 is 0 Å². The lowest BCUT2D eigenvalue weighted by Gasteiger charge is -2.28. The number of nitrogens with one attached hydrogen (secondary N) is 1. The molecule has 5 heteroatoms. The van der Waals surface area contributed by atoms with Crippen molar-refractivity contribution in [3.63, 3.8) is 0 Å². The standard InChI is InChI=1S/C14H21N3O2/c1-16(11-13-7-4-5-9-15-13)10-12-6-2-3-8-14(12)17(18)19/h2-3,6,8,13,15H,4-5,7,9-11H2,1H3. The second-order valence-corrected chi connectivity index (χ2v) is 5.23. The van der Waals surface area contributed by atoms with E-state index in [9.17, 15) is 10.1 Å². The van der Waals surface area contributed by atoms with Gasteiger partial charge in [0.05, 0.1) is 4.92 Å². The molecule has 0 spiro atoms. The Morgan fingerprint density at radius 3 is 2.89 bits per heavy atom. The van der Waals surface area contributed by atoms with Gasteiger partial charge in [0.1, 0.15) is 0 Å². The second-order valence-electron chi connectivity index (χ2n) is 5.23. The van der Waals surface area contributed by atoms with Gasteiger partial charge in [0.15, 0.2) is 0 Å². The fraction of sp³-hybridized carbons (Fsp3) is 0.571. The predicted octanol–water partition coefficient (Wildman–Crippen LogP) is 2.17. The number of nitro benzene ring substituents is 1. The maximum absolute atomic E-state index is 11.0. The summed E-state index contributed by atoms with van der Waals surface area (Å²) in [6.07, 6.45) is 3.72. The molecule has 1 heterocycles. The quantitative estimate of drug-likeness (QED) is 0.653. The van der Waals surface area contributed by atoms with Gasteiger partial charge in [-0.15, -0.1) is 0 Å². The molecular formula is C14H21N3O2. The van der Waals surface area contributed by atoms with Crippen molar-refractivity contribution >= 4 is 5.69 Å². The maximum atomic E-state index is 11.0. The summed E-state index contributed by atoms with van der Waals surface area (Å²) in [5.74, 6) is 0. The average molecular weight is 263 g/mol. The lowest BCUT2D eigenvalue weighted by Crippen LogP contribution is -2.42. The van der Waals surface area contributed by atoms with Gasteiger partial charge < -0.3 is 10.2 Å². The van der Waals surface area contributed by atoms with E-state index in [0.29, 0.717) is 12.6 Å². The molecule has 5 nitrogen and oxygen atoms in total. The van der Waals surface area contributed by atoms with Crippen molar-refractivity contribution in [1.29, 1.82) is 0 Å². The highest BCUT2D eigenvalue weighted by molar-refractivity contribution is 5.39. The van der Waals surface area contributed by atoms with E-state index in [4.69, 9.17) is 0 Å². The Hall–Kier alpha value is -1.46. The zero-order chi connectivity index (χ0) is 13.7. The lowest BCUT2D eigenvalue weighted by molar-refractivity contribution is -0.385. The molecule has 0 amide bonds. The first-order valence-corrected chi connectivity index (χ1v) is 6.81. The summed E-state index contributed by atoms with van der Waals surface area (Å²) in [5, 5.41) is 14.5. The third-order valence-electron chi connectivity index (χ3n) is 3.57. The zero-order valence-electron chi connectivity index (χ0n) is 11.3. The summed E-state index contributed by atoms with van der Waals surface area (Å²) >= 11 is 0. The van der Waals surface area contributed by atoms with Crippen molar-refractivity contribution in [2.24, 2.45) is 0 Å². The van der Waals surface area contributed by atoms with E-state index >= 15 is 0 Å². The molecule has 1 aliphatic heterocycles. The monoisotopic (exact) mass is 263 g/mol. The van der Waals surface area contributed by atoms with Crippen LogP contribution in [0, 0.1) is 10.1 Å². The Morgan fingerprint density at radius 2 is 2.21 bits per heavy atom. The normalized spacial score (nSPS) is 19.6. The third-order valence-corrected chi connectivity index (χ3v) is 3.57. The first-order chi connectivity index (χ1) is 9.16. The van der Waals surface area contributed by atoms with Crippen LogP contribution in [0.3, 0.4) is 0 Å². The van der Waals surface area contributed by atoms with E-state index in [0.717, 1.165) is 18.7 Å². The molecule has 0 radical (unpaired) electrons. The Bertz CT molecular complexity index is 430. The Balaban J connectivity index is 1.94. The van der Waals surface area contributed by atoms with Crippen LogP contribution >= 0.6 is 0 Å². The number of hydrogen-bond donors (Lipinski definition) is 1. The van der Waals surface area contributed by atoms with Crippen molar-refractivity contribution in [1.82, 2.24) is 10.2 Å². The molecule has 1 fully saturated rings. The summed E-state index contributed by atoms with van der Waals surface area (Å²) in [4.78, 5) is 12.8. The second kappa shape index (κ2) is 6.63. The fourth-order valence-electron chi connectivity index (χ4n) is 2.63. The third kappa shape index (κ3) is 4.01. The van der Waals surface area contributed by atoms with Gasteiger partial charge in [-0.3, -0.25) is 10.1 Å². The summed E-state index contributed by atoms with van der Waals surface area (Å²) < 4.78 is 0. The molecule has 0 aliphatic carbocycles. The van der Waals surface area contributed by atoms with Gasteiger partial charge in [-0.05, 0) is 26.4 Å². The topological polar surface area (TPSA) is 58.4 Å². The number of likely N-dealkylation sites (N-methyl/N-ethyl adjacent to an activating group) is 1. The molecule has 1 saturated heterocycles. The van der Waals surface area contributed by atoms with Crippen LogP contribution in [0.2, 0.25) is 0 Å². The zero-order valence-corrected chi connectivity index (χ0v) is 11.3. The Labute approximate surface area is 113 Å². The van der Waals surface area contributed by atoms with E-state index < -0.39 is 0 Å². The Morgan fingerprint density at radius 1 is 1.42 bits per heavy atom. The first-order valence-electron chi connectivity index (χ1n) is 6.81. The highest BCUT2D eigenvalue weighted by Crippen LogP contribution is 2.19. The summed E-state index contributed by atoms with van der Waals surface area (Å²) in [6, 6.07) is 7.49. The minimum absolute atomic E-state index is 0.214. The van der Waals surface area contributed by atoms with Crippen LogP contribution in [0.25, 0.3) is 0 Å². The molecule has 1 N–H and O–H groups in total. The summed E-state index contributed by atoms with van der Waals surface area (Å²) in [6.45, 7) is 2.64. The molecule has 1 aromatic carbocycles. The van der Waals surface area contributed by atoms with E-state index in [1.165, 1.54) is 19.3 Å². The number of para-hydroxylation sites is 1. The molecule has 104 valence electrons. The van der Waals surface area contributed by atoms with Crippen LogP contribution in [-0.2, 0) is 6.54 Å². The van der Waals surface area contributed by atoms with Gasteiger partial charge in [0.2, 0.25) is 0 Å². The number of nitrogens with zero attached hydrogens (tertiary/aromatic N) is 2. The highest BCUT2D eigenvalue weighted by atomic mass is 16.6. The van der Waals surface area contributed by atoms with Crippen LogP contribution in [0.15, 0.2) is 24.3 Å². The molecule has 1 aromatic rings. The largest absolute Gasteiger partial charge is 0.313 e. The lowest BCUT2D eigenvalue weighted by atomic mass is 10.0. The molecule has 0 bridgehead atoms. The van der Waals surface area contributed by atoms with Gasteiger partial charge in [-0.2, -0.15) is 0 Å². The number of nitro groups is 1. The minimum Gasteiger partial charge on any atom is -0.313 e. The summed E-state index contributed by atoms with van der Waals surface area (Å²) in [5.41, 5.74) is 0.997. The molecular weight excluding hydrogens is 242 g/mol. The van der Waals surface area contributed by atoms with Crippen molar-refractivity contribution in [2.75, 3.05) is 20.1 Å². The minimum atomic E-state index is -0.304. The van der Waals surface area contributed by atoms with Crippen LogP contribution in [0.5, 0.6) is 0 Å². The smallest absolute Gasteiger partial charge is 0.273 e. The van der Waals surface area contributed by atoms with E-state index in [1.807, 2.05) is 19.2 Å². The van der Waals surface area contributed by atoms with Crippen LogP contribution < -0.4 is 5.32 Å². The number of rotatable bonds is 5. The van der Waals surface area contributed by atoms with E-state index in [-0.39, 0.29) is 10.6 Å². The number of hydrogen-bond acceptors (Lipinski definition) is 4. The van der Waals surface area contributed by atoms with Gasteiger partial charge in [-0.1, -0.05) is 24.6 Å². The predicted molar refractivity (Wildman–Crippen MR) is 75.1 cm³/mol. The molecule has 1 unspecified atom stereocenters. The Kier molecular flexibility index (Phi) is 4.87. The highest BCUT2D eigenvalue weighted by Gasteiger charge is 2.17. The maximum Gasteiger partial charge on any atom is 0.273 e. The van der Waals surface area contributed by atoms with Gasteiger partial charge in [0.25, 0.3) is 5.69 Å².